The summed E-state index contributed by atoms with van der Waals surface area (Å²) in [6.45, 7) is 2.57. The molecule has 19 heavy (non-hydrogen) atoms. The molecule has 0 aliphatic heterocycles. The predicted molar refractivity (Wildman–Crippen MR) is 78.1 cm³/mol. The molecule has 0 unspecified atom stereocenters. The Hall–Kier alpha value is -1.72. The van der Waals surface area contributed by atoms with Crippen LogP contribution in [0.4, 0.5) is 5.69 Å². The van der Waals surface area contributed by atoms with Gasteiger partial charge >= 0.3 is 0 Å². The van der Waals surface area contributed by atoms with Gasteiger partial charge in [0.1, 0.15) is 5.75 Å². The zero-order chi connectivity index (χ0) is 13.5. The third-order valence-corrected chi connectivity index (χ3v) is 2.52. The van der Waals surface area contributed by atoms with E-state index in [2.05, 4.69) is 0 Å². The van der Waals surface area contributed by atoms with E-state index in [4.69, 9.17) is 10.8 Å². The molecule has 0 atom stereocenters. The number of carbonyl (C=O) groups is 1. The number of aromatic hydroxyl groups is 1. The predicted octanol–water partition coefficient (Wildman–Crippen LogP) is 1.25. The van der Waals surface area contributed by atoms with Crippen LogP contribution in [0, 0.1) is 0 Å². The Labute approximate surface area is 118 Å². The molecule has 0 saturated heterocycles. The zero-order valence-corrected chi connectivity index (χ0v) is 11.6. The zero-order valence-electron chi connectivity index (χ0n) is 10.7. The lowest BCUT2D eigenvalue weighted by Gasteiger charge is -2.17. The number of phenolic OH excluding ortho intramolecular Hbond substituents is 1. The number of amides is 1. The lowest BCUT2D eigenvalue weighted by atomic mass is 10.1. The van der Waals surface area contributed by atoms with Crippen molar-refractivity contribution in [1.29, 1.82) is 0 Å². The molecule has 0 aliphatic carbocycles. The maximum atomic E-state index is 11.7. The van der Waals surface area contributed by atoms with Crippen molar-refractivity contribution in [1.82, 2.24) is 4.90 Å². The van der Waals surface area contributed by atoms with Crippen LogP contribution in [-0.4, -0.2) is 40.7 Å². The Kier molecular flexibility index (Phi) is 7.63. The van der Waals surface area contributed by atoms with Crippen molar-refractivity contribution < 1.29 is 15.0 Å². The summed E-state index contributed by atoms with van der Waals surface area (Å²) < 4.78 is 0. The average molecular weight is 287 g/mol. The standard InChI is InChI=1S/C13H18N2O3.ClH/c1-2-15(7-8-16)13(18)6-3-10-9-11(14)4-5-12(10)17;/h3-6,9,16-17H,2,7-8,14H2,1H3;1H. The Morgan fingerprint density at radius 1 is 1.47 bits per heavy atom. The van der Waals surface area contributed by atoms with Gasteiger partial charge in [-0.05, 0) is 31.2 Å². The monoisotopic (exact) mass is 286 g/mol. The van der Waals surface area contributed by atoms with E-state index >= 15 is 0 Å². The van der Waals surface area contributed by atoms with Crippen molar-refractivity contribution in [2.24, 2.45) is 0 Å². The first-order valence-electron chi connectivity index (χ1n) is 5.74. The number of rotatable bonds is 5. The summed E-state index contributed by atoms with van der Waals surface area (Å²) in [6, 6.07) is 4.64. The number of nitrogen functional groups attached to an aromatic ring is 1. The highest BCUT2D eigenvalue weighted by atomic mass is 35.5. The number of aliphatic hydroxyl groups is 1. The number of hydrogen-bond acceptors (Lipinski definition) is 4. The molecule has 0 aromatic heterocycles. The van der Waals surface area contributed by atoms with Gasteiger partial charge in [-0.1, -0.05) is 0 Å². The van der Waals surface area contributed by atoms with E-state index in [1.807, 2.05) is 6.92 Å². The average Bonchev–Trinajstić information content (AvgIpc) is 2.36. The van der Waals surface area contributed by atoms with Crippen molar-refractivity contribution in [3.05, 3.63) is 29.8 Å². The number of nitrogens with two attached hydrogens (primary N) is 1. The maximum Gasteiger partial charge on any atom is 0.246 e. The molecule has 1 aromatic carbocycles. The van der Waals surface area contributed by atoms with E-state index in [1.165, 1.54) is 23.1 Å². The third kappa shape index (κ3) is 5.19. The van der Waals surface area contributed by atoms with E-state index in [1.54, 1.807) is 12.1 Å². The lowest BCUT2D eigenvalue weighted by Crippen LogP contribution is -2.31. The molecule has 5 nitrogen and oxygen atoms in total. The van der Waals surface area contributed by atoms with Crippen LogP contribution in [0.25, 0.3) is 6.08 Å². The van der Waals surface area contributed by atoms with Crippen LogP contribution in [0.1, 0.15) is 12.5 Å². The highest BCUT2D eigenvalue weighted by Crippen LogP contribution is 2.21. The number of nitrogens with zero attached hydrogens (tertiary/aromatic N) is 1. The fourth-order valence-corrected chi connectivity index (χ4v) is 1.52. The minimum Gasteiger partial charge on any atom is -0.507 e. The van der Waals surface area contributed by atoms with Gasteiger partial charge in [-0.2, -0.15) is 0 Å². The minimum absolute atomic E-state index is 0. The van der Waals surface area contributed by atoms with Crippen molar-refractivity contribution in [3.63, 3.8) is 0 Å². The second-order valence-electron chi connectivity index (χ2n) is 3.79. The molecule has 0 heterocycles. The van der Waals surface area contributed by atoms with Crippen molar-refractivity contribution in [3.8, 4) is 5.75 Å². The molecule has 4 N–H and O–H groups in total. The van der Waals surface area contributed by atoms with Gasteiger partial charge in [0, 0.05) is 30.4 Å². The van der Waals surface area contributed by atoms with E-state index in [-0.39, 0.29) is 30.7 Å². The van der Waals surface area contributed by atoms with Gasteiger partial charge in [-0.3, -0.25) is 4.79 Å². The van der Waals surface area contributed by atoms with Gasteiger partial charge in [-0.15, -0.1) is 12.4 Å². The fourth-order valence-electron chi connectivity index (χ4n) is 1.52. The first-order chi connectivity index (χ1) is 8.58. The summed E-state index contributed by atoms with van der Waals surface area (Å²) in [6.07, 6.45) is 2.86. The van der Waals surface area contributed by atoms with E-state index < -0.39 is 0 Å². The van der Waals surface area contributed by atoms with Gasteiger partial charge in [-0.25, -0.2) is 0 Å². The van der Waals surface area contributed by atoms with Gasteiger partial charge in [0.05, 0.1) is 6.61 Å². The number of likely N-dealkylation sites (N-methyl/N-ethyl adjacent to an activating group) is 1. The quantitative estimate of drug-likeness (QED) is 0.432. The number of carbonyl (C=O) groups excluding carboxylic acids is 1. The van der Waals surface area contributed by atoms with Crippen molar-refractivity contribution in [2.75, 3.05) is 25.4 Å². The van der Waals surface area contributed by atoms with Gasteiger partial charge < -0.3 is 20.8 Å². The van der Waals surface area contributed by atoms with E-state index in [9.17, 15) is 9.90 Å². The topological polar surface area (TPSA) is 86.8 Å². The summed E-state index contributed by atoms with van der Waals surface area (Å²) in [4.78, 5) is 13.2. The summed E-state index contributed by atoms with van der Waals surface area (Å²) in [5, 5.41) is 18.4. The molecule has 0 fully saturated rings. The Morgan fingerprint density at radius 3 is 2.74 bits per heavy atom. The smallest absolute Gasteiger partial charge is 0.246 e. The van der Waals surface area contributed by atoms with Crippen LogP contribution in [0.15, 0.2) is 24.3 Å². The second-order valence-corrected chi connectivity index (χ2v) is 3.79. The number of hydrogen-bond donors (Lipinski definition) is 3. The number of aliphatic hydroxyl groups excluding tert-OH is 1. The molecular formula is C13H19ClN2O3. The van der Waals surface area contributed by atoms with Crippen LogP contribution in [0.3, 0.4) is 0 Å². The summed E-state index contributed by atoms with van der Waals surface area (Å²) in [5.74, 6) is -0.146. The van der Waals surface area contributed by atoms with Crippen LogP contribution in [0.5, 0.6) is 5.75 Å². The molecule has 0 radical (unpaired) electrons. The molecule has 1 aromatic rings. The summed E-state index contributed by atoms with van der Waals surface area (Å²) in [5.41, 5.74) is 6.60. The van der Waals surface area contributed by atoms with Gasteiger partial charge in [0.2, 0.25) is 5.91 Å². The number of phenols is 1. The largest absolute Gasteiger partial charge is 0.507 e. The molecular weight excluding hydrogens is 268 g/mol. The lowest BCUT2D eigenvalue weighted by molar-refractivity contribution is -0.126. The maximum absolute atomic E-state index is 11.7. The summed E-state index contributed by atoms with van der Waals surface area (Å²) >= 11 is 0. The van der Waals surface area contributed by atoms with Gasteiger partial charge in [0.15, 0.2) is 0 Å². The molecule has 0 bridgehead atoms. The molecule has 106 valence electrons. The Bertz CT molecular complexity index is 450. The van der Waals surface area contributed by atoms with Gasteiger partial charge in [0.25, 0.3) is 0 Å². The van der Waals surface area contributed by atoms with E-state index in [0.29, 0.717) is 24.3 Å². The molecule has 0 saturated carbocycles. The molecule has 1 rings (SSSR count). The first kappa shape index (κ1) is 17.3. The van der Waals surface area contributed by atoms with Crippen LogP contribution in [0.2, 0.25) is 0 Å². The minimum atomic E-state index is -0.214. The number of anilines is 1. The van der Waals surface area contributed by atoms with Crippen molar-refractivity contribution >= 4 is 30.1 Å². The SMILES string of the molecule is CCN(CCO)C(=O)C=Cc1cc(N)ccc1O.Cl. The number of halogens is 1. The highest BCUT2D eigenvalue weighted by Gasteiger charge is 2.07. The third-order valence-electron chi connectivity index (χ3n) is 2.52. The van der Waals surface area contributed by atoms with Crippen LogP contribution < -0.4 is 5.73 Å². The van der Waals surface area contributed by atoms with E-state index in [0.717, 1.165) is 0 Å². The molecule has 1 amide bonds. The van der Waals surface area contributed by atoms with Crippen molar-refractivity contribution in [2.45, 2.75) is 6.92 Å². The Morgan fingerprint density at radius 2 is 2.16 bits per heavy atom. The van der Waals surface area contributed by atoms with Crippen LogP contribution in [-0.2, 0) is 4.79 Å². The molecule has 6 heteroatoms. The molecule has 0 spiro atoms. The molecule has 0 aliphatic rings. The normalized spacial score (nSPS) is 10.2. The fraction of sp³-hybridized carbons (Fsp3) is 0.308. The second kappa shape index (κ2) is 8.39. The summed E-state index contributed by atoms with van der Waals surface area (Å²) in [7, 11) is 0. The first-order valence-corrected chi connectivity index (χ1v) is 5.74. The number of benzene rings is 1. The Balaban J connectivity index is 0.00000324. The van der Waals surface area contributed by atoms with Crippen LogP contribution >= 0.6 is 12.4 Å². The highest BCUT2D eigenvalue weighted by molar-refractivity contribution is 5.92.